The summed E-state index contributed by atoms with van der Waals surface area (Å²) in [4.78, 5) is 34.7. The number of furan rings is 1. The van der Waals surface area contributed by atoms with Gasteiger partial charge in [-0.2, -0.15) is 0 Å². The summed E-state index contributed by atoms with van der Waals surface area (Å²) in [6.45, 7) is 5.67. The van der Waals surface area contributed by atoms with Crippen LogP contribution in [-0.4, -0.2) is 25.8 Å². The quantitative estimate of drug-likeness (QED) is 0.369. The van der Waals surface area contributed by atoms with Crippen LogP contribution in [0.1, 0.15) is 21.7 Å². The third kappa shape index (κ3) is 3.74. The molecule has 2 aromatic carbocycles. The smallest absolute Gasteiger partial charge is 0.335 e. The number of rotatable bonds is 5. The van der Waals surface area contributed by atoms with Crippen molar-refractivity contribution in [2.24, 2.45) is 0 Å². The summed E-state index contributed by atoms with van der Waals surface area (Å²) >= 11 is 0. The van der Waals surface area contributed by atoms with E-state index in [1.165, 1.54) is 35.0 Å². The molecule has 0 spiro atoms. The van der Waals surface area contributed by atoms with Gasteiger partial charge in [0, 0.05) is 17.7 Å². The fourth-order valence-corrected chi connectivity index (χ4v) is 3.31. The molecule has 0 unspecified atom stereocenters. The molecule has 2 heterocycles. The van der Waals surface area contributed by atoms with Gasteiger partial charge in [-0.3, -0.25) is 20.0 Å². The summed E-state index contributed by atoms with van der Waals surface area (Å²) < 4.78 is 7.02. The Balaban J connectivity index is 1.77. The maximum atomic E-state index is 12.9. The second kappa shape index (κ2) is 7.88. The van der Waals surface area contributed by atoms with Crippen molar-refractivity contribution in [2.75, 3.05) is 0 Å². The molecule has 4 aromatic rings. The number of benzene rings is 2. The molecule has 0 saturated carbocycles. The summed E-state index contributed by atoms with van der Waals surface area (Å²) in [5, 5.41) is 23.7. The van der Waals surface area contributed by atoms with Gasteiger partial charge in [0.05, 0.1) is 26.7 Å². The lowest BCUT2D eigenvalue weighted by Gasteiger charge is -2.02. The number of carbonyl (C=O) groups is 1. The highest BCUT2D eigenvalue weighted by molar-refractivity contribution is 5.88. The number of aromatic nitrogens is 2. The molecule has 0 radical (unpaired) electrons. The summed E-state index contributed by atoms with van der Waals surface area (Å²) in [5.41, 5.74) is 1.30. The first-order valence-corrected chi connectivity index (χ1v) is 9.45. The molecule has 0 aliphatic heterocycles. The van der Waals surface area contributed by atoms with Crippen molar-refractivity contribution in [3.8, 4) is 17.0 Å². The van der Waals surface area contributed by atoms with E-state index < -0.39 is 16.5 Å². The highest BCUT2D eigenvalue weighted by atomic mass is 16.6. The molecule has 160 valence electrons. The number of carboxylic acid groups (broad SMARTS) is 1. The average Bonchev–Trinajstić information content (AvgIpc) is 3.34. The van der Waals surface area contributed by atoms with Gasteiger partial charge in [-0.05, 0) is 48.9 Å². The molecule has 32 heavy (non-hydrogen) atoms. The monoisotopic (exact) mass is 431 g/mol. The van der Waals surface area contributed by atoms with Crippen LogP contribution < -0.4 is 16.1 Å². The number of aromatic amines is 1. The van der Waals surface area contributed by atoms with Crippen LogP contribution in [0.15, 0.2) is 63.8 Å². The molecule has 4 rings (SSSR count). The van der Waals surface area contributed by atoms with Gasteiger partial charge >= 0.3 is 5.97 Å². The van der Waals surface area contributed by atoms with Crippen LogP contribution in [0.4, 0.5) is 5.69 Å². The van der Waals surface area contributed by atoms with Crippen LogP contribution in [0.2, 0.25) is 0 Å². The van der Waals surface area contributed by atoms with Gasteiger partial charge < -0.3 is 9.52 Å². The molecule has 0 fully saturated rings. The zero-order valence-corrected chi connectivity index (χ0v) is 16.9. The number of nitro benzene ring substituents is 1. The average molecular weight is 431 g/mol. The van der Waals surface area contributed by atoms with Crippen molar-refractivity contribution < 1.29 is 19.2 Å². The Bertz CT molecular complexity index is 1540. The lowest BCUT2D eigenvalue weighted by molar-refractivity contribution is -0.384. The fourth-order valence-electron chi connectivity index (χ4n) is 3.31. The van der Waals surface area contributed by atoms with Gasteiger partial charge in [0.1, 0.15) is 11.5 Å². The molecule has 9 heteroatoms. The highest BCUT2D eigenvalue weighted by Crippen LogP contribution is 2.29. The Morgan fingerprint density at radius 3 is 2.72 bits per heavy atom. The van der Waals surface area contributed by atoms with E-state index in [1.807, 2.05) is 6.92 Å². The largest absolute Gasteiger partial charge is 0.478 e. The van der Waals surface area contributed by atoms with Gasteiger partial charge in [0.2, 0.25) is 0 Å². The van der Waals surface area contributed by atoms with E-state index in [2.05, 4.69) is 11.7 Å². The second-order valence-corrected chi connectivity index (χ2v) is 7.10. The number of nitrogens with zero attached hydrogens (tertiary/aromatic N) is 2. The van der Waals surface area contributed by atoms with Gasteiger partial charge in [0.25, 0.3) is 11.2 Å². The lowest BCUT2D eigenvalue weighted by Crippen LogP contribution is -2.33. The fraction of sp³-hybridized carbons (Fsp3) is 0.0435. The van der Waals surface area contributed by atoms with Crippen molar-refractivity contribution in [1.29, 1.82) is 0 Å². The minimum Gasteiger partial charge on any atom is -0.478 e. The summed E-state index contributed by atoms with van der Waals surface area (Å²) in [6, 6.07) is 13.8. The Morgan fingerprint density at radius 2 is 2.00 bits per heavy atom. The summed E-state index contributed by atoms with van der Waals surface area (Å²) in [5.74, 6) is -0.320. The van der Waals surface area contributed by atoms with Crippen molar-refractivity contribution >= 4 is 24.3 Å². The molecule has 0 amide bonds. The molecule has 0 atom stereocenters. The van der Waals surface area contributed by atoms with Crippen LogP contribution in [-0.2, 0) is 0 Å². The van der Waals surface area contributed by atoms with Crippen LogP contribution in [0.3, 0.4) is 0 Å². The second-order valence-electron chi connectivity index (χ2n) is 7.10. The van der Waals surface area contributed by atoms with E-state index >= 15 is 0 Å². The molecule has 2 aromatic heterocycles. The van der Waals surface area contributed by atoms with Crippen LogP contribution >= 0.6 is 0 Å². The van der Waals surface area contributed by atoms with Crippen LogP contribution in [0, 0.1) is 17.0 Å². The van der Waals surface area contributed by atoms with Gasteiger partial charge in [-0.15, -0.1) is 0 Å². The Labute approximate surface area is 180 Å². The number of nitro groups is 1. The number of aromatic carboxylic acids is 1. The van der Waals surface area contributed by atoms with Crippen molar-refractivity contribution in [2.45, 2.75) is 6.92 Å². The van der Waals surface area contributed by atoms with E-state index in [4.69, 9.17) is 4.42 Å². The van der Waals surface area contributed by atoms with E-state index in [0.29, 0.717) is 28.1 Å². The molecule has 2 N–H and O–H groups in total. The van der Waals surface area contributed by atoms with E-state index in [0.717, 1.165) is 5.56 Å². The minimum absolute atomic E-state index is 0.0446. The van der Waals surface area contributed by atoms with Crippen LogP contribution in [0.5, 0.6) is 0 Å². The number of carboxylic acids is 1. The van der Waals surface area contributed by atoms with Gasteiger partial charge in [-0.1, -0.05) is 18.7 Å². The van der Waals surface area contributed by atoms with E-state index in [9.17, 15) is 24.8 Å². The van der Waals surface area contributed by atoms with E-state index in [1.54, 1.807) is 30.3 Å². The number of aryl methyl sites for hydroxylation is 1. The first-order chi connectivity index (χ1) is 15.2. The maximum absolute atomic E-state index is 12.9. The maximum Gasteiger partial charge on any atom is 0.335 e. The SMILES string of the molecule is C=c1[nH]n(-c2cccc(C(=O)O)c2)c(=O)/c1=C/c1ccc(-c2cc([N+](=O)[O-])ccc2C)o1. The third-order valence-electron chi connectivity index (χ3n) is 4.97. The first kappa shape index (κ1) is 20.6. The Morgan fingerprint density at radius 1 is 1.22 bits per heavy atom. The van der Waals surface area contributed by atoms with Crippen molar-refractivity contribution in [1.82, 2.24) is 9.78 Å². The molecule has 0 bridgehead atoms. The number of hydrogen-bond donors (Lipinski definition) is 2. The highest BCUT2D eigenvalue weighted by Gasteiger charge is 2.14. The number of nitrogens with one attached hydrogen (secondary N) is 1. The molecule has 9 nitrogen and oxygen atoms in total. The molecule has 0 aliphatic rings. The van der Waals surface area contributed by atoms with Gasteiger partial charge in [0.15, 0.2) is 0 Å². The topological polar surface area (TPSA) is 131 Å². The molecular weight excluding hydrogens is 414 g/mol. The van der Waals surface area contributed by atoms with Crippen molar-refractivity contribution in [3.05, 3.63) is 103 Å². The minimum atomic E-state index is -1.10. The number of H-pyrrole nitrogens is 1. The normalized spacial score (nSPS) is 11.6. The Kier molecular flexibility index (Phi) is 5.07. The van der Waals surface area contributed by atoms with Crippen LogP contribution in [0.25, 0.3) is 29.7 Å². The zero-order chi connectivity index (χ0) is 23.0. The van der Waals surface area contributed by atoms with E-state index in [-0.39, 0.29) is 16.5 Å². The van der Waals surface area contributed by atoms with Gasteiger partial charge in [-0.25, -0.2) is 9.48 Å². The zero-order valence-electron chi connectivity index (χ0n) is 16.9. The predicted molar refractivity (Wildman–Crippen MR) is 117 cm³/mol. The first-order valence-electron chi connectivity index (χ1n) is 9.45. The number of non-ortho nitro benzene ring substituents is 1. The summed E-state index contributed by atoms with van der Waals surface area (Å²) in [6.07, 6.45) is 1.51. The Hall–Kier alpha value is -4.66. The standard InChI is InChI=1S/C23H17N3O6/c1-13-6-7-17(26(30)31)11-19(13)21-9-8-18(32-21)12-20-14(2)24-25(22(20)27)16-5-3-4-15(10-16)23(28)29/h3-12,24H,2H2,1H3,(H,28,29)/b20-12+. The number of hydrogen-bond acceptors (Lipinski definition) is 5. The molecule has 0 aliphatic carbocycles. The summed E-state index contributed by atoms with van der Waals surface area (Å²) in [7, 11) is 0. The molecular formula is C23H17N3O6. The predicted octanol–water partition coefficient (Wildman–Crippen LogP) is 2.58. The molecule has 0 saturated heterocycles. The van der Waals surface area contributed by atoms with Crippen molar-refractivity contribution in [3.63, 3.8) is 0 Å². The lowest BCUT2D eigenvalue weighted by atomic mass is 10.1. The third-order valence-corrected chi connectivity index (χ3v) is 4.97.